The summed E-state index contributed by atoms with van der Waals surface area (Å²) in [6, 6.07) is 19.4. The number of rotatable bonds is 7. The number of ether oxygens (including phenoxy) is 2. The fourth-order valence-corrected chi connectivity index (χ4v) is 6.95. The molecule has 0 saturated carbocycles. The van der Waals surface area contributed by atoms with E-state index in [0.29, 0.717) is 59.4 Å². The predicted molar refractivity (Wildman–Crippen MR) is 206 cm³/mol. The third kappa shape index (κ3) is 8.79. The number of amides is 3. The molecule has 0 unspecified atom stereocenters. The van der Waals surface area contributed by atoms with Crippen LogP contribution in [-0.4, -0.2) is 80.0 Å². The molecule has 15 heteroatoms. The predicted octanol–water partition coefficient (Wildman–Crippen LogP) is 7.05. The van der Waals surface area contributed by atoms with Gasteiger partial charge >= 0.3 is 12.2 Å². The van der Waals surface area contributed by atoms with Crippen molar-refractivity contribution in [3.8, 4) is 0 Å². The number of aliphatic hydroxyl groups is 1. The smallest absolute Gasteiger partial charge is 0.423 e. The molecule has 0 spiro atoms. The fraction of sp³-hybridized carbons (Fsp3) is 0.385. The number of carbonyl (C=O) groups is 4. The molecule has 4 aromatic rings. The van der Waals surface area contributed by atoms with Crippen molar-refractivity contribution < 1.29 is 33.8 Å². The molecule has 0 radical (unpaired) electrons. The lowest BCUT2D eigenvalue weighted by Crippen LogP contribution is -2.54. The molecule has 0 bridgehead atoms. The number of pyridine rings is 1. The SMILES string of the molecule is CC1(NC(=O)OC(C)(C)C)CCN(c2nc3ccc(Sc4cccc(NC(=O)C5=C(O)CN(c6ccccc6)C5=O)c4)nc3n2C(=O)OC(C)(C)C)CC1. The molecule has 1 fully saturated rings. The Labute approximate surface area is 317 Å². The van der Waals surface area contributed by atoms with Gasteiger partial charge in [-0.2, -0.15) is 4.57 Å². The number of anilines is 3. The molecule has 2 aromatic carbocycles. The highest BCUT2D eigenvalue weighted by atomic mass is 32.2. The quantitative estimate of drug-likeness (QED) is 0.165. The molecule has 0 atom stereocenters. The van der Waals surface area contributed by atoms with Crippen molar-refractivity contribution in [1.82, 2.24) is 19.9 Å². The van der Waals surface area contributed by atoms with Gasteiger partial charge in [-0.25, -0.2) is 19.6 Å². The monoisotopic (exact) mass is 755 g/mol. The van der Waals surface area contributed by atoms with E-state index in [0.717, 1.165) is 4.90 Å². The Morgan fingerprint density at radius 3 is 2.24 bits per heavy atom. The number of nitrogens with zero attached hydrogens (tertiary/aromatic N) is 5. The van der Waals surface area contributed by atoms with Gasteiger partial charge in [0.15, 0.2) is 5.65 Å². The molecule has 2 aromatic heterocycles. The van der Waals surface area contributed by atoms with E-state index in [1.165, 1.54) is 21.2 Å². The number of nitrogens with one attached hydrogen (secondary N) is 2. The second kappa shape index (κ2) is 14.7. The van der Waals surface area contributed by atoms with Gasteiger partial charge in [-0.3, -0.25) is 9.59 Å². The van der Waals surface area contributed by atoms with Crippen LogP contribution in [0.5, 0.6) is 0 Å². The minimum absolute atomic E-state index is 0.0975. The van der Waals surface area contributed by atoms with Crippen LogP contribution in [-0.2, 0) is 19.1 Å². The average Bonchev–Trinajstić information content (AvgIpc) is 3.60. The molecule has 14 nitrogen and oxygen atoms in total. The van der Waals surface area contributed by atoms with Crippen molar-refractivity contribution in [1.29, 1.82) is 0 Å². The van der Waals surface area contributed by atoms with Crippen molar-refractivity contribution in [3.05, 3.63) is 78.1 Å². The van der Waals surface area contributed by atoms with E-state index in [1.54, 1.807) is 75.4 Å². The molecule has 6 rings (SSSR count). The van der Waals surface area contributed by atoms with Crippen LogP contribution < -0.4 is 20.4 Å². The number of piperidine rings is 1. The van der Waals surface area contributed by atoms with Crippen molar-refractivity contribution in [2.45, 2.75) is 88.0 Å². The number of carbonyl (C=O) groups excluding carboxylic acids is 4. The number of imidazole rings is 1. The number of aliphatic hydroxyl groups excluding tert-OH is 1. The first kappa shape index (κ1) is 38.2. The Bertz CT molecular complexity index is 2130. The van der Waals surface area contributed by atoms with E-state index in [4.69, 9.17) is 19.4 Å². The molecule has 284 valence electrons. The minimum Gasteiger partial charge on any atom is -0.509 e. The van der Waals surface area contributed by atoms with Crippen LogP contribution in [0.4, 0.5) is 26.9 Å². The van der Waals surface area contributed by atoms with Crippen molar-refractivity contribution in [2.75, 3.05) is 34.8 Å². The maximum Gasteiger partial charge on any atom is 0.423 e. The Morgan fingerprint density at radius 2 is 1.57 bits per heavy atom. The first-order valence-corrected chi connectivity index (χ1v) is 18.5. The first-order chi connectivity index (χ1) is 25.4. The highest BCUT2D eigenvalue weighted by Gasteiger charge is 2.37. The van der Waals surface area contributed by atoms with Crippen LogP contribution in [0.25, 0.3) is 11.2 Å². The fourth-order valence-electron chi connectivity index (χ4n) is 6.10. The van der Waals surface area contributed by atoms with Crippen molar-refractivity contribution in [2.24, 2.45) is 0 Å². The van der Waals surface area contributed by atoms with Crippen molar-refractivity contribution >= 4 is 64.2 Å². The summed E-state index contributed by atoms with van der Waals surface area (Å²) in [4.78, 5) is 66.3. The van der Waals surface area contributed by atoms with E-state index < -0.39 is 40.7 Å². The second-order valence-corrected chi connectivity index (χ2v) is 16.6. The van der Waals surface area contributed by atoms with Crippen LogP contribution >= 0.6 is 11.8 Å². The Morgan fingerprint density at radius 1 is 0.889 bits per heavy atom. The third-order valence-corrected chi connectivity index (χ3v) is 9.58. The lowest BCUT2D eigenvalue weighted by molar-refractivity contribution is -0.119. The Balaban J connectivity index is 1.20. The maximum absolute atomic E-state index is 13.7. The number of aromatic nitrogens is 3. The van der Waals surface area contributed by atoms with E-state index in [1.807, 2.05) is 44.7 Å². The summed E-state index contributed by atoms with van der Waals surface area (Å²) in [7, 11) is 0. The minimum atomic E-state index is -0.782. The summed E-state index contributed by atoms with van der Waals surface area (Å²) in [5.41, 5.74) is -0.413. The lowest BCUT2D eigenvalue weighted by Gasteiger charge is -2.40. The van der Waals surface area contributed by atoms with Crippen LogP contribution in [0, 0.1) is 0 Å². The summed E-state index contributed by atoms with van der Waals surface area (Å²) in [6.07, 6.45) is 0.0741. The van der Waals surface area contributed by atoms with Gasteiger partial charge in [0.2, 0.25) is 5.95 Å². The van der Waals surface area contributed by atoms with Gasteiger partial charge in [0, 0.05) is 34.9 Å². The summed E-state index contributed by atoms with van der Waals surface area (Å²) in [5, 5.41) is 16.9. The maximum atomic E-state index is 13.7. The molecule has 4 heterocycles. The molecule has 2 aliphatic heterocycles. The lowest BCUT2D eigenvalue weighted by atomic mass is 9.90. The standard InChI is InChI=1S/C39H45N7O7S/c1-37(2,3)52-35(50)43-39(7)18-20-44(21-19-39)34-41-27-16-17-29(42-31(27)46(34)36(51)53-38(4,5)6)54-26-15-11-12-24(22-26)40-32(48)30-28(47)23-45(33(30)49)25-13-9-8-10-14-25/h8-17,22,47H,18-21,23H2,1-7H3,(H,40,48)(H,43,50). The Hall–Kier alpha value is -5.57. The molecule has 54 heavy (non-hydrogen) atoms. The second-order valence-electron chi connectivity index (χ2n) is 15.5. The van der Waals surface area contributed by atoms with E-state index in [2.05, 4.69) is 10.6 Å². The average molecular weight is 756 g/mol. The summed E-state index contributed by atoms with van der Waals surface area (Å²) in [6.45, 7) is 13.7. The van der Waals surface area contributed by atoms with Gasteiger partial charge in [0.1, 0.15) is 33.1 Å². The van der Waals surface area contributed by atoms with Crippen LogP contribution in [0.3, 0.4) is 0 Å². The van der Waals surface area contributed by atoms with Crippen LogP contribution in [0.2, 0.25) is 0 Å². The number of hydrogen-bond acceptors (Lipinski definition) is 11. The number of hydrogen-bond donors (Lipinski definition) is 3. The van der Waals surface area contributed by atoms with Gasteiger partial charge in [-0.05, 0) is 104 Å². The molecule has 3 N–H and O–H groups in total. The zero-order valence-electron chi connectivity index (χ0n) is 31.4. The highest BCUT2D eigenvalue weighted by Crippen LogP contribution is 2.34. The zero-order valence-corrected chi connectivity index (χ0v) is 32.2. The topological polar surface area (TPSA) is 168 Å². The highest BCUT2D eigenvalue weighted by molar-refractivity contribution is 7.99. The molecule has 1 saturated heterocycles. The van der Waals surface area contributed by atoms with Crippen LogP contribution in [0.1, 0.15) is 61.3 Å². The zero-order chi connectivity index (χ0) is 39.0. The molecular formula is C39H45N7O7S. The number of para-hydroxylation sites is 1. The van der Waals surface area contributed by atoms with Gasteiger partial charge in [-0.1, -0.05) is 36.0 Å². The van der Waals surface area contributed by atoms with E-state index >= 15 is 0 Å². The first-order valence-electron chi connectivity index (χ1n) is 17.7. The third-order valence-electron chi connectivity index (χ3n) is 8.65. The summed E-state index contributed by atoms with van der Waals surface area (Å²) >= 11 is 1.30. The molecule has 0 aliphatic carbocycles. The van der Waals surface area contributed by atoms with Gasteiger partial charge in [0.25, 0.3) is 11.8 Å². The number of benzene rings is 2. The van der Waals surface area contributed by atoms with Crippen molar-refractivity contribution in [3.63, 3.8) is 0 Å². The summed E-state index contributed by atoms with van der Waals surface area (Å²) in [5.74, 6) is -1.22. The normalized spacial score (nSPS) is 16.1. The molecule has 2 aliphatic rings. The van der Waals surface area contributed by atoms with Gasteiger partial charge in [0.05, 0.1) is 6.54 Å². The van der Waals surface area contributed by atoms with Gasteiger partial charge < -0.3 is 35.0 Å². The van der Waals surface area contributed by atoms with Gasteiger partial charge in [-0.15, -0.1) is 0 Å². The van der Waals surface area contributed by atoms with E-state index in [-0.39, 0.29) is 17.9 Å². The molecule has 3 amide bonds. The Kier molecular flexibility index (Phi) is 10.4. The number of alkyl carbamates (subject to hydrolysis) is 1. The molecular weight excluding hydrogens is 711 g/mol. The van der Waals surface area contributed by atoms with Crippen LogP contribution in [0.15, 0.2) is 88.0 Å². The largest absolute Gasteiger partial charge is 0.509 e. The number of fused-ring (bicyclic) bond motifs is 1. The summed E-state index contributed by atoms with van der Waals surface area (Å²) < 4.78 is 12.7. The van der Waals surface area contributed by atoms with E-state index in [9.17, 15) is 24.3 Å².